The lowest BCUT2D eigenvalue weighted by Crippen LogP contribution is -2.36. The molecule has 6 nitrogen and oxygen atoms in total. The number of hydrogen-bond donors (Lipinski definition) is 1. The summed E-state index contributed by atoms with van der Waals surface area (Å²) in [5, 5.41) is 3.40. The first-order valence-electron chi connectivity index (χ1n) is 8.53. The number of nitrogens with one attached hydrogen (secondary N) is 1. The first-order chi connectivity index (χ1) is 11.9. The normalized spacial score (nSPS) is 17.4. The van der Waals surface area contributed by atoms with Gasteiger partial charge in [0, 0.05) is 30.8 Å². The molecule has 1 aliphatic rings. The predicted molar refractivity (Wildman–Crippen MR) is 97.3 cm³/mol. The number of carbonyl (C=O) groups excluding carboxylic acids is 1. The molecule has 6 heteroatoms. The van der Waals surface area contributed by atoms with Gasteiger partial charge in [-0.2, -0.15) is 0 Å². The second-order valence-electron chi connectivity index (χ2n) is 7.21. The van der Waals surface area contributed by atoms with Crippen LogP contribution in [0.4, 0.5) is 10.6 Å². The summed E-state index contributed by atoms with van der Waals surface area (Å²) in [5.41, 5.74) is 1.45. The highest BCUT2D eigenvalue weighted by Gasteiger charge is 2.29. The first-order valence-corrected chi connectivity index (χ1v) is 8.53. The summed E-state index contributed by atoms with van der Waals surface area (Å²) in [6.45, 7) is 6.93. The fourth-order valence-electron chi connectivity index (χ4n) is 2.78. The topological polar surface area (TPSA) is 67.3 Å². The number of ether oxygens (including phenoxy) is 1. The summed E-state index contributed by atoms with van der Waals surface area (Å²) in [6.07, 6.45) is 2.17. The van der Waals surface area contributed by atoms with Crippen LogP contribution in [0.5, 0.6) is 0 Å². The van der Waals surface area contributed by atoms with Crippen LogP contribution in [-0.4, -0.2) is 45.7 Å². The van der Waals surface area contributed by atoms with Crippen LogP contribution in [0, 0.1) is 0 Å². The zero-order chi connectivity index (χ0) is 17.9. The molecule has 132 valence electrons. The smallest absolute Gasteiger partial charge is 0.410 e. The molecule has 1 atom stereocenters. The Labute approximate surface area is 148 Å². The quantitative estimate of drug-likeness (QED) is 0.925. The Balaban J connectivity index is 1.61. The van der Waals surface area contributed by atoms with Crippen molar-refractivity contribution in [3.05, 3.63) is 42.7 Å². The third-order valence-electron chi connectivity index (χ3n) is 3.93. The van der Waals surface area contributed by atoms with Gasteiger partial charge in [-0.1, -0.05) is 30.3 Å². The van der Waals surface area contributed by atoms with Crippen molar-refractivity contribution in [3.8, 4) is 11.3 Å². The van der Waals surface area contributed by atoms with E-state index >= 15 is 0 Å². The number of amides is 1. The second kappa shape index (κ2) is 7.09. The minimum Gasteiger partial charge on any atom is -0.444 e. The maximum Gasteiger partial charge on any atom is 0.410 e. The van der Waals surface area contributed by atoms with Crippen molar-refractivity contribution < 1.29 is 9.53 Å². The molecule has 1 unspecified atom stereocenters. The monoisotopic (exact) mass is 340 g/mol. The van der Waals surface area contributed by atoms with E-state index in [9.17, 15) is 4.79 Å². The highest BCUT2D eigenvalue weighted by atomic mass is 16.6. The molecule has 25 heavy (non-hydrogen) atoms. The number of benzene rings is 1. The molecule has 1 amide bonds. The van der Waals surface area contributed by atoms with Gasteiger partial charge in [-0.3, -0.25) is 0 Å². The third-order valence-corrected chi connectivity index (χ3v) is 3.93. The summed E-state index contributed by atoms with van der Waals surface area (Å²) >= 11 is 0. The van der Waals surface area contributed by atoms with Gasteiger partial charge in [0.2, 0.25) is 0 Å². The van der Waals surface area contributed by atoms with Gasteiger partial charge < -0.3 is 15.0 Å². The van der Waals surface area contributed by atoms with E-state index in [0.29, 0.717) is 13.1 Å². The molecule has 0 spiro atoms. The SMILES string of the molecule is CC(C)(C)OC(=O)N1CCC(Nc2cc(-c3ccccc3)ncn2)C1. The molecule has 1 aliphatic heterocycles. The lowest BCUT2D eigenvalue weighted by atomic mass is 10.1. The van der Waals surface area contributed by atoms with E-state index in [1.807, 2.05) is 57.2 Å². The molecule has 2 heterocycles. The van der Waals surface area contributed by atoms with Crippen molar-refractivity contribution in [1.29, 1.82) is 0 Å². The summed E-state index contributed by atoms with van der Waals surface area (Å²) in [7, 11) is 0. The average Bonchev–Trinajstić information content (AvgIpc) is 3.03. The fourth-order valence-corrected chi connectivity index (χ4v) is 2.78. The van der Waals surface area contributed by atoms with E-state index in [4.69, 9.17) is 4.74 Å². The van der Waals surface area contributed by atoms with Crippen molar-refractivity contribution >= 4 is 11.9 Å². The van der Waals surface area contributed by atoms with E-state index < -0.39 is 5.60 Å². The minimum atomic E-state index is -0.472. The van der Waals surface area contributed by atoms with Crippen LogP contribution in [0.2, 0.25) is 0 Å². The molecule has 2 aromatic rings. The maximum atomic E-state index is 12.1. The number of hydrogen-bond acceptors (Lipinski definition) is 5. The number of carbonyl (C=O) groups is 1. The van der Waals surface area contributed by atoms with Crippen LogP contribution >= 0.6 is 0 Å². The zero-order valence-corrected chi connectivity index (χ0v) is 14.9. The Bertz CT molecular complexity index is 728. The van der Waals surface area contributed by atoms with Gasteiger partial charge in [-0.25, -0.2) is 14.8 Å². The first kappa shape index (κ1) is 17.2. The molecule has 1 N–H and O–H groups in total. The Kier molecular flexibility index (Phi) is 4.88. The molecule has 1 aromatic heterocycles. The average molecular weight is 340 g/mol. The summed E-state index contributed by atoms with van der Waals surface area (Å²) in [5.74, 6) is 0.768. The highest BCUT2D eigenvalue weighted by Crippen LogP contribution is 2.21. The molecule has 0 aliphatic carbocycles. The Morgan fingerprint density at radius 1 is 1.24 bits per heavy atom. The molecule has 0 radical (unpaired) electrons. The number of rotatable bonds is 3. The lowest BCUT2D eigenvalue weighted by molar-refractivity contribution is 0.0293. The molecule has 0 saturated carbocycles. The molecule has 0 bridgehead atoms. The van der Waals surface area contributed by atoms with Crippen molar-refractivity contribution in [2.75, 3.05) is 18.4 Å². The van der Waals surface area contributed by atoms with E-state index in [-0.39, 0.29) is 12.1 Å². The second-order valence-corrected chi connectivity index (χ2v) is 7.21. The van der Waals surface area contributed by atoms with Crippen molar-refractivity contribution in [2.45, 2.75) is 38.8 Å². The van der Waals surface area contributed by atoms with Gasteiger partial charge in [0.25, 0.3) is 0 Å². The summed E-state index contributed by atoms with van der Waals surface area (Å²) < 4.78 is 5.43. The standard InChI is InChI=1S/C19H24N4O2/c1-19(2,3)25-18(24)23-10-9-15(12-23)22-17-11-16(20-13-21-17)14-7-5-4-6-8-14/h4-8,11,13,15H,9-10,12H2,1-3H3,(H,20,21,22). The third kappa shape index (κ3) is 4.68. The number of anilines is 1. The van der Waals surface area contributed by atoms with Crippen LogP contribution < -0.4 is 5.32 Å². The zero-order valence-electron chi connectivity index (χ0n) is 14.9. The Hall–Kier alpha value is -2.63. The summed E-state index contributed by atoms with van der Waals surface area (Å²) in [6, 6.07) is 12.1. The van der Waals surface area contributed by atoms with Crippen LogP contribution in [0.3, 0.4) is 0 Å². The summed E-state index contributed by atoms with van der Waals surface area (Å²) in [4.78, 5) is 22.5. The number of nitrogens with zero attached hydrogens (tertiary/aromatic N) is 3. The predicted octanol–water partition coefficient (Wildman–Crippen LogP) is 3.56. The van der Waals surface area contributed by atoms with E-state index in [1.165, 1.54) is 0 Å². The number of aromatic nitrogens is 2. The van der Waals surface area contributed by atoms with Crippen molar-refractivity contribution in [1.82, 2.24) is 14.9 Å². The molecular weight excluding hydrogens is 316 g/mol. The Morgan fingerprint density at radius 3 is 2.72 bits per heavy atom. The molecule has 1 fully saturated rings. The van der Waals surface area contributed by atoms with E-state index in [2.05, 4.69) is 15.3 Å². The largest absolute Gasteiger partial charge is 0.444 e. The number of likely N-dealkylation sites (tertiary alicyclic amines) is 1. The van der Waals surface area contributed by atoms with E-state index in [1.54, 1.807) is 11.2 Å². The van der Waals surface area contributed by atoms with Crippen LogP contribution in [0.15, 0.2) is 42.7 Å². The minimum absolute atomic E-state index is 0.158. The van der Waals surface area contributed by atoms with Gasteiger partial charge in [-0.15, -0.1) is 0 Å². The van der Waals surface area contributed by atoms with E-state index in [0.717, 1.165) is 23.5 Å². The van der Waals surface area contributed by atoms with Crippen LogP contribution in [0.1, 0.15) is 27.2 Å². The maximum absolute atomic E-state index is 12.1. The van der Waals surface area contributed by atoms with Gasteiger partial charge in [0.05, 0.1) is 5.69 Å². The van der Waals surface area contributed by atoms with Crippen LogP contribution in [-0.2, 0) is 4.74 Å². The highest BCUT2D eigenvalue weighted by molar-refractivity contribution is 5.69. The van der Waals surface area contributed by atoms with Gasteiger partial charge in [0.15, 0.2) is 0 Å². The lowest BCUT2D eigenvalue weighted by Gasteiger charge is -2.24. The van der Waals surface area contributed by atoms with Crippen LogP contribution in [0.25, 0.3) is 11.3 Å². The van der Waals surface area contributed by atoms with Gasteiger partial charge in [-0.05, 0) is 27.2 Å². The molecular formula is C19H24N4O2. The van der Waals surface area contributed by atoms with Crippen molar-refractivity contribution in [3.63, 3.8) is 0 Å². The van der Waals surface area contributed by atoms with Gasteiger partial charge >= 0.3 is 6.09 Å². The molecule has 1 aromatic carbocycles. The Morgan fingerprint density at radius 2 is 2.00 bits per heavy atom. The fraction of sp³-hybridized carbons (Fsp3) is 0.421. The molecule has 3 rings (SSSR count). The van der Waals surface area contributed by atoms with Gasteiger partial charge in [0.1, 0.15) is 17.7 Å². The molecule has 1 saturated heterocycles. The van der Waals surface area contributed by atoms with Crippen molar-refractivity contribution in [2.24, 2.45) is 0 Å².